The predicted octanol–water partition coefficient (Wildman–Crippen LogP) is 1.29. The second-order valence-electron chi connectivity index (χ2n) is 6.16. The lowest BCUT2D eigenvalue weighted by Crippen LogP contribution is -2.55. The van der Waals surface area contributed by atoms with E-state index in [1.807, 2.05) is 33.0 Å². The van der Waals surface area contributed by atoms with Gasteiger partial charge in [0, 0.05) is 18.9 Å². The molecule has 7 heteroatoms. The summed E-state index contributed by atoms with van der Waals surface area (Å²) in [5.74, 6) is 0.109. The zero-order valence-electron chi connectivity index (χ0n) is 13.0. The summed E-state index contributed by atoms with van der Waals surface area (Å²) in [4.78, 5) is 14.4. The minimum Gasteiger partial charge on any atom is -0.330 e. The molecule has 114 valence electrons. The Labute approximate surface area is 118 Å². The van der Waals surface area contributed by atoms with Gasteiger partial charge in [0.25, 0.3) is 0 Å². The number of quaternary nitrogens is 1. The molecule has 1 amide bonds. The van der Waals surface area contributed by atoms with E-state index < -0.39 is 15.6 Å². The van der Waals surface area contributed by atoms with Crippen molar-refractivity contribution < 1.29 is 18.4 Å². The van der Waals surface area contributed by atoms with Crippen LogP contribution in [0.4, 0.5) is 0 Å². The molecule has 0 aromatic heterocycles. The molecule has 5 nitrogen and oxygen atoms in total. The van der Waals surface area contributed by atoms with Crippen LogP contribution in [0.25, 0.3) is 0 Å². The highest BCUT2D eigenvalue weighted by Crippen LogP contribution is 2.35. The van der Waals surface area contributed by atoms with Gasteiger partial charge in [0.05, 0.1) is 36.2 Å². The van der Waals surface area contributed by atoms with Gasteiger partial charge in [0.15, 0.2) is 0 Å². The number of likely N-dealkylation sites (N-methyl/N-ethyl adjacent to an activating group) is 2. The molecule has 0 fully saturated rings. The van der Waals surface area contributed by atoms with Crippen LogP contribution in [0, 0.1) is 0 Å². The molecule has 0 aromatic carbocycles. The summed E-state index contributed by atoms with van der Waals surface area (Å²) >= 11 is 0. The van der Waals surface area contributed by atoms with Crippen LogP contribution in [0.1, 0.15) is 6.92 Å². The van der Waals surface area contributed by atoms with Gasteiger partial charge in [0.2, 0.25) is 0 Å². The fourth-order valence-electron chi connectivity index (χ4n) is 1.77. The van der Waals surface area contributed by atoms with Crippen molar-refractivity contribution in [2.75, 3.05) is 59.9 Å². The third-order valence-electron chi connectivity index (χ3n) is 3.41. The van der Waals surface area contributed by atoms with Gasteiger partial charge in [-0.2, -0.15) is 0 Å². The lowest BCUT2D eigenvalue weighted by atomic mass is 10.2. The number of hydrogen-bond donors (Lipinski definition) is 0. The normalized spacial score (nSPS) is 15.3. The summed E-state index contributed by atoms with van der Waals surface area (Å²) in [6.07, 6.45) is 1.22. The molecule has 0 radical (unpaired) electrons. The molecular weight excluding hydrogens is 282 g/mol. The smallest absolute Gasteiger partial charge is 0.330 e. The zero-order chi connectivity index (χ0) is 15.3. The first-order valence-electron chi connectivity index (χ1n) is 6.56. The Morgan fingerprint density at radius 1 is 1.37 bits per heavy atom. The van der Waals surface area contributed by atoms with Crippen molar-refractivity contribution >= 4 is 21.5 Å². The molecule has 0 aromatic rings. The van der Waals surface area contributed by atoms with E-state index in [0.717, 1.165) is 0 Å². The van der Waals surface area contributed by atoms with Gasteiger partial charge in [-0.05, 0) is 27.3 Å². The molecule has 0 saturated carbocycles. The average Bonchev–Trinajstić information content (AvgIpc) is 2.30. The molecule has 2 atom stereocenters. The third kappa shape index (κ3) is 7.41. The molecule has 0 heterocycles. The summed E-state index contributed by atoms with van der Waals surface area (Å²) in [5, 5.41) is 0. The Hall–Kier alpha value is 0.0500. The molecule has 0 rings (SSSR count). The van der Waals surface area contributed by atoms with Crippen LogP contribution in [0.2, 0.25) is 0 Å². The van der Waals surface area contributed by atoms with Crippen molar-refractivity contribution in [3.8, 4) is 0 Å². The van der Waals surface area contributed by atoms with Crippen molar-refractivity contribution in [3.05, 3.63) is 0 Å². The van der Waals surface area contributed by atoms with E-state index >= 15 is 0 Å². The van der Waals surface area contributed by atoms with Crippen molar-refractivity contribution in [2.45, 2.75) is 13.0 Å². The molecule has 0 aliphatic carbocycles. The third-order valence-corrected chi connectivity index (χ3v) is 5.18. The van der Waals surface area contributed by atoms with E-state index in [1.165, 1.54) is 0 Å². The van der Waals surface area contributed by atoms with Crippen molar-refractivity contribution in [1.82, 2.24) is 4.90 Å². The van der Waals surface area contributed by atoms with Crippen LogP contribution in [0.5, 0.6) is 0 Å². The van der Waals surface area contributed by atoms with E-state index in [0.29, 0.717) is 25.4 Å². The Morgan fingerprint density at radius 2 is 1.89 bits per heavy atom. The minimum atomic E-state index is -2.04. The van der Waals surface area contributed by atoms with Crippen LogP contribution < -0.4 is 0 Å². The van der Waals surface area contributed by atoms with Crippen molar-refractivity contribution in [2.24, 2.45) is 0 Å². The molecule has 0 N–H and O–H groups in total. The van der Waals surface area contributed by atoms with E-state index in [4.69, 9.17) is 0 Å². The maximum atomic E-state index is 12.4. The zero-order valence-corrected chi connectivity index (χ0v) is 15.1. The highest BCUT2D eigenvalue weighted by atomic mass is 31.2. The van der Waals surface area contributed by atoms with Crippen LogP contribution in [-0.4, -0.2) is 81.2 Å². The molecule has 0 bridgehead atoms. The summed E-state index contributed by atoms with van der Waals surface area (Å²) in [7, 11) is 2.75. The van der Waals surface area contributed by atoms with E-state index in [-0.39, 0.29) is 16.4 Å². The van der Waals surface area contributed by atoms with E-state index in [1.54, 1.807) is 13.3 Å². The topological polar surface area (TPSA) is 54.5 Å². The first-order valence-corrected chi connectivity index (χ1v) is 10.6. The summed E-state index contributed by atoms with van der Waals surface area (Å²) < 4.78 is 22.6. The molecule has 19 heavy (non-hydrogen) atoms. The number of carbonyl (C=O) groups is 1. The Kier molecular flexibility index (Phi) is 7.75. The lowest BCUT2D eigenvalue weighted by Gasteiger charge is -2.32. The first kappa shape index (κ1) is 19.1. The fourth-order valence-corrected chi connectivity index (χ4v) is 3.32. The lowest BCUT2D eigenvalue weighted by molar-refractivity contribution is -0.812. The molecule has 0 aliphatic heterocycles. The van der Waals surface area contributed by atoms with Gasteiger partial charge in [-0.25, -0.2) is 4.79 Å². The predicted molar refractivity (Wildman–Crippen MR) is 83.7 cm³/mol. The number of amides is 1. The number of rotatable bonds is 8. The van der Waals surface area contributed by atoms with Crippen molar-refractivity contribution in [1.29, 1.82) is 0 Å². The largest absolute Gasteiger partial charge is 0.330 e. The summed E-state index contributed by atoms with van der Waals surface area (Å²) in [6, 6.07) is -0.219. The molecule has 2 unspecified atom stereocenters. The van der Waals surface area contributed by atoms with Gasteiger partial charge in [-0.3, -0.25) is 9.38 Å². The van der Waals surface area contributed by atoms with Crippen LogP contribution in [-0.2, 0) is 13.9 Å². The van der Waals surface area contributed by atoms with E-state index in [2.05, 4.69) is 0 Å². The second kappa shape index (κ2) is 7.73. The monoisotopic (exact) mass is 311 g/mol. The first-order chi connectivity index (χ1) is 8.51. The van der Waals surface area contributed by atoms with Gasteiger partial charge < -0.3 is 9.13 Å². The van der Waals surface area contributed by atoms with Gasteiger partial charge in [-0.1, -0.05) is 0 Å². The maximum Gasteiger partial charge on any atom is 0.330 e. The fraction of sp³-hybridized carbons (Fsp3) is 0.917. The van der Waals surface area contributed by atoms with Crippen molar-refractivity contribution in [3.63, 3.8) is 0 Å². The van der Waals surface area contributed by atoms with E-state index in [9.17, 15) is 13.9 Å². The maximum absolute atomic E-state index is 12.4. The Morgan fingerprint density at radius 3 is 2.32 bits per heavy atom. The number of hydrogen-bond acceptors (Lipinski definition) is 4. The quantitative estimate of drug-likeness (QED) is 0.501. The average molecular weight is 311 g/mol. The minimum absolute atomic E-state index is 0.109. The summed E-state index contributed by atoms with van der Waals surface area (Å²) in [5.41, 5.74) is 0. The molecule has 0 saturated heterocycles. The summed E-state index contributed by atoms with van der Waals surface area (Å²) in [6.45, 7) is 6.68. The second-order valence-corrected chi connectivity index (χ2v) is 10.7. The number of nitrogens with zero attached hydrogens (tertiary/aromatic N) is 2. The highest BCUT2D eigenvalue weighted by molar-refractivity contribution is 7.62. The van der Waals surface area contributed by atoms with Crippen LogP contribution >= 0.6 is 15.6 Å². The van der Waals surface area contributed by atoms with Gasteiger partial charge >= 0.3 is 5.91 Å². The molecule has 0 spiro atoms. The Bertz CT molecular complexity index is 366. The van der Waals surface area contributed by atoms with Crippen LogP contribution in [0.3, 0.4) is 0 Å². The number of carbonyl (C=O) groups excluding carboxylic acids is 1. The Balaban J connectivity index is 4.54. The standard InChI is InChI=1S/C12H29N2O3P2/c1-11(13(2)7-10-19(5,6)17)12(15)14(3,4)8-9-18-16/h11H,7-10,18H2,1-6H3/q+1. The van der Waals surface area contributed by atoms with Gasteiger partial charge in [-0.15, -0.1) is 0 Å². The van der Waals surface area contributed by atoms with Crippen LogP contribution in [0.15, 0.2) is 0 Å². The SMILES string of the molecule is CC(C(=O)[N+](C)(C)CC[PH2]=O)N(C)CCP(C)(C)=O. The highest BCUT2D eigenvalue weighted by Gasteiger charge is 2.33. The molecule has 0 aliphatic rings. The molecular formula is C12H29N2O3P2+. The van der Waals surface area contributed by atoms with Gasteiger partial charge in [0.1, 0.15) is 6.04 Å².